The van der Waals surface area contributed by atoms with Gasteiger partial charge in [-0.05, 0) is 17.2 Å². The zero-order chi connectivity index (χ0) is 21.5. The van der Waals surface area contributed by atoms with E-state index in [0.29, 0.717) is 23.2 Å². The van der Waals surface area contributed by atoms with Gasteiger partial charge in [0.25, 0.3) is 0 Å². The minimum absolute atomic E-state index is 0.0117. The van der Waals surface area contributed by atoms with E-state index in [9.17, 15) is 14.7 Å². The number of amides is 1. The topological polar surface area (TPSA) is 110 Å². The first kappa shape index (κ1) is 21.8. The second-order valence-corrected chi connectivity index (χ2v) is 7.65. The third-order valence-electron chi connectivity index (χ3n) is 4.73. The molecule has 3 N–H and O–H groups in total. The number of aromatic nitrogens is 1. The van der Waals surface area contributed by atoms with Crippen LogP contribution in [-0.4, -0.2) is 43.3 Å². The second kappa shape index (κ2) is 10.2. The molecule has 0 bridgehead atoms. The minimum atomic E-state index is -0.549. The highest BCUT2D eigenvalue weighted by Crippen LogP contribution is 2.34. The van der Waals surface area contributed by atoms with Gasteiger partial charge in [-0.1, -0.05) is 47.7 Å². The Kier molecular flexibility index (Phi) is 7.45. The predicted octanol–water partition coefficient (Wildman–Crippen LogP) is 3.31. The van der Waals surface area contributed by atoms with Crippen molar-refractivity contribution >= 4 is 27.6 Å². The van der Waals surface area contributed by atoms with Gasteiger partial charge in [-0.2, -0.15) is 0 Å². The molecule has 0 aliphatic rings. The molecule has 1 atom stereocenters. The number of hydrogen-bond donors (Lipinski definition) is 3. The molecule has 0 aliphatic heterocycles. The lowest BCUT2D eigenvalue weighted by atomic mass is 9.95. The molecule has 3 rings (SSSR count). The molecule has 0 spiro atoms. The number of methoxy groups -OCH3 is 2. The number of thiazole rings is 1. The lowest BCUT2D eigenvalue weighted by molar-refractivity contribution is -0.111. The number of carbonyl (C=O) groups is 1. The third-order valence-corrected chi connectivity index (χ3v) is 5.66. The average Bonchev–Trinajstić information content (AvgIpc) is 3.16. The Balaban J connectivity index is 1.75. The molecular weight excluding hydrogens is 408 g/mol. The number of aromatic amines is 1. The largest absolute Gasteiger partial charge is 0.506 e. The number of ether oxygens (including phenoxy) is 3. The number of phenolic OH excluding ortho intramolecular Hbond substituents is 1. The van der Waals surface area contributed by atoms with E-state index in [1.54, 1.807) is 6.07 Å². The number of aromatic hydroxyl groups is 1. The zero-order valence-electron chi connectivity index (χ0n) is 16.7. The van der Waals surface area contributed by atoms with Gasteiger partial charge in [0.15, 0.2) is 6.29 Å². The number of fused-ring (bicyclic) bond motifs is 1. The Morgan fingerprint density at radius 3 is 2.60 bits per heavy atom. The van der Waals surface area contributed by atoms with Crippen LogP contribution in [0, 0.1) is 0 Å². The van der Waals surface area contributed by atoms with Crippen LogP contribution < -0.4 is 10.2 Å². The maximum atomic E-state index is 12.2. The standard InChI is InChI=1S/C21H24N2O6S/c1-27-17(28-2)10-14(12-29-20(25)22-11-13-6-4-3-5-7-13)15-8-9-16(24)18-19(15)30-21(26)23-18/h3-9,14,17,24H,10-12H2,1-2H3,(H,22,25)(H,23,26). The summed E-state index contributed by atoms with van der Waals surface area (Å²) in [6.45, 7) is 0.405. The van der Waals surface area contributed by atoms with E-state index in [0.717, 1.165) is 22.5 Å². The molecule has 9 heteroatoms. The third kappa shape index (κ3) is 5.38. The molecule has 0 saturated heterocycles. The van der Waals surface area contributed by atoms with Gasteiger partial charge in [-0.25, -0.2) is 4.79 Å². The molecule has 2 aromatic carbocycles. The van der Waals surface area contributed by atoms with Gasteiger partial charge in [0.05, 0.1) is 4.70 Å². The van der Waals surface area contributed by atoms with Gasteiger partial charge in [-0.15, -0.1) is 0 Å². The Morgan fingerprint density at radius 2 is 1.90 bits per heavy atom. The van der Waals surface area contributed by atoms with Crippen LogP contribution in [0.25, 0.3) is 10.2 Å². The summed E-state index contributed by atoms with van der Waals surface area (Å²) in [5, 5.41) is 12.8. The number of carbonyl (C=O) groups excluding carboxylic acids is 1. The van der Waals surface area contributed by atoms with E-state index in [1.165, 1.54) is 20.3 Å². The molecule has 3 aromatic rings. The molecule has 1 heterocycles. The SMILES string of the molecule is COC(CC(COC(=O)NCc1ccccc1)c1ccc(O)c2[nH]c(=O)sc12)OC. The Labute approximate surface area is 177 Å². The summed E-state index contributed by atoms with van der Waals surface area (Å²) >= 11 is 0.996. The summed E-state index contributed by atoms with van der Waals surface area (Å²) in [5.41, 5.74) is 2.09. The molecule has 1 aromatic heterocycles. The molecule has 0 fully saturated rings. The van der Waals surface area contributed by atoms with Crippen LogP contribution in [0.1, 0.15) is 23.5 Å². The number of H-pyrrole nitrogens is 1. The Bertz CT molecular complexity index is 1030. The smallest absolute Gasteiger partial charge is 0.407 e. The summed E-state index contributed by atoms with van der Waals surface area (Å²) < 4.78 is 16.7. The van der Waals surface area contributed by atoms with Crippen LogP contribution in [0.5, 0.6) is 5.75 Å². The van der Waals surface area contributed by atoms with Crippen LogP contribution >= 0.6 is 11.3 Å². The summed E-state index contributed by atoms with van der Waals surface area (Å²) in [4.78, 5) is 26.4. The molecule has 0 saturated carbocycles. The van der Waals surface area contributed by atoms with E-state index < -0.39 is 12.4 Å². The van der Waals surface area contributed by atoms with Gasteiger partial charge >= 0.3 is 11.0 Å². The summed E-state index contributed by atoms with van der Waals surface area (Å²) in [5.74, 6) is -0.325. The van der Waals surface area contributed by atoms with Crippen molar-refractivity contribution in [3.8, 4) is 5.75 Å². The zero-order valence-corrected chi connectivity index (χ0v) is 17.5. The maximum Gasteiger partial charge on any atom is 0.407 e. The first-order valence-electron chi connectivity index (χ1n) is 9.36. The summed E-state index contributed by atoms with van der Waals surface area (Å²) in [6, 6.07) is 12.7. The highest BCUT2D eigenvalue weighted by atomic mass is 32.1. The summed E-state index contributed by atoms with van der Waals surface area (Å²) in [7, 11) is 3.06. The lowest BCUT2D eigenvalue weighted by Gasteiger charge is -2.22. The van der Waals surface area contributed by atoms with Crippen LogP contribution in [0.15, 0.2) is 47.3 Å². The second-order valence-electron chi connectivity index (χ2n) is 6.66. The van der Waals surface area contributed by atoms with Gasteiger partial charge in [0.1, 0.15) is 17.9 Å². The van der Waals surface area contributed by atoms with Gasteiger partial charge in [0.2, 0.25) is 0 Å². The maximum absolute atomic E-state index is 12.2. The van der Waals surface area contributed by atoms with Crippen molar-refractivity contribution in [2.75, 3.05) is 20.8 Å². The van der Waals surface area contributed by atoms with Crippen LogP contribution in [-0.2, 0) is 20.8 Å². The van der Waals surface area contributed by atoms with E-state index in [-0.39, 0.29) is 23.1 Å². The minimum Gasteiger partial charge on any atom is -0.506 e. The Morgan fingerprint density at radius 1 is 1.17 bits per heavy atom. The quantitative estimate of drug-likeness (QED) is 0.448. The monoisotopic (exact) mass is 432 g/mol. The van der Waals surface area contributed by atoms with E-state index >= 15 is 0 Å². The van der Waals surface area contributed by atoms with Crippen molar-refractivity contribution in [3.63, 3.8) is 0 Å². The highest BCUT2D eigenvalue weighted by molar-refractivity contribution is 7.16. The number of hydrogen-bond acceptors (Lipinski definition) is 7. The van der Waals surface area contributed by atoms with Gasteiger partial charge in [0, 0.05) is 33.1 Å². The van der Waals surface area contributed by atoms with Crippen LogP contribution in [0.2, 0.25) is 0 Å². The molecule has 1 amide bonds. The predicted molar refractivity (Wildman–Crippen MR) is 114 cm³/mol. The molecule has 0 aliphatic carbocycles. The van der Waals surface area contributed by atoms with Gasteiger partial charge in [-0.3, -0.25) is 4.79 Å². The first-order valence-corrected chi connectivity index (χ1v) is 10.2. The fourth-order valence-electron chi connectivity index (χ4n) is 3.16. The highest BCUT2D eigenvalue weighted by Gasteiger charge is 2.24. The molecule has 30 heavy (non-hydrogen) atoms. The van der Waals surface area contributed by atoms with E-state index in [2.05, 4.69) is 10.3 Å². The van der Waals surface area contributed by atoms with Crippen LogP contribution in [0.3, 0.4) is 0 Å². The molecule has 160 valence electrons. The number of nitrogens with one attached hydrogen (secondary N) is 2. The van der Waals surface area contributed by atoms with Crippen molar-refractivity contribution < 1.29 is 24.1 Å². The molecule has 0 radical (unpaired) electrons. The number of rotatable bonds is 9. The fourth-order valence-corrected chi connectivity index (χ4v) is 4.11. The summed E-state index contributed by atoms with van der Waals surface area (Å²) in [6.07, 6.45) is -0.678. The van der Waals surface area contributed by atoms with Crippen molar-refractivity contribution in [2.45, 2.75) is 25.2 Å². The lowest BCUT2D eigenvalue weighted by Crippen LogP contribution is -2.27. The Hall–Kier alpha value is -2.88. The van der Waals surface area contributed by atoms with Crippen LogP contribution in [0.4, 0.5) is 4.79 Å². The van der Waals surface area contributed by atoms with E-state index in [1.807, 2.05) is 30.3 Å². The number of alkyl carbamates (subject to hydrolysis) is 1. The average molecular weight is 432 g/mol. The molecular formula is C21H24N2O6S. The number of benzene rings is 2. The van der Waals surface area contributed by atoms with Crippen molar-refractivity contribution in [1.29, 1.82) is 0 Å². The van der Waals surface area contributed by atoms with Crippen molar-refractivity contribution in [1.82, 2.24) is 10.3 Å². The normalized spacial score (nSPS) is 12.2. The number of phenols is 1. The molecule has 8 nitrogen and oxygen atoms in total. The molecule has 1 unspecified atom stereocenters. The first-order chi connectivity index (χ1) is 14.5. The fraction of sp³-hybridized carbons (Fsp3) is 0.333. The van der Waals surface area contributed by atoms with E-state index in [4.69, 9.17) is 14.2 Å². The van der Waals surface area contributed by atoms with Crippen molar-refractivity contribution in [3.05, 3.63) is 63.3 Å². The van der Waals surface area contributed by atoms with Gasteiger partial charge < -0.3 is 29.6 Å². The van der Waals surface area contributed by atoms with Crippen molar-refractivity contribution in [2.24, 2.45) is 0 Å².